The molecule has 0 spiro atoms. The average molecular weight is 599 g/mol. The van der Waals surface area contributed by atoms with E-state index in [2.05, 4.69) is 69.2 Å². The lowest BCUT2D eigenvalue weighted by molar-refractivity contribution is 0.0827. The molecule has 2 aromatic heterocycles. The second-order valence-electron chi connectivity index (χ2n) is 7.90. The van der Waals surface area contributed by atoms with Crippen LogP contribution in [-0.2, 0) is 6.54 Å². The van der Waals surface area contributed by atoms with E-state index >= 15 is 0 Å². The number of hydrogen-bond donors (Lipinski definition) is 0. The highest BCUT2D eigenvalue weighted by Gasteiger charge is 2.23. The summed E-state index contributed by atoms with van der Waals surface area (Å²) in [5.41, 5.74) is 4.40. The lowest BCUT2D eigenvalue weighted by Gasteiger charge is -2.32. The van der Waals surface area contributed by atoms with Gasteiger partial charge in [-0.3, -0.25) is 13.7 Å². The van der Waals surface area contributed by atoms with Crippen LogP contribution >= 0.6 is 46.3 Å². The van der Waals surface area contributed by atoms with E-state index in [-0.39, 0.29) is 5.91 Å². The van der Waals surface area contributed by atoms with Gasteiger partial charge < -0.3 is 4.90 Å². The van der Waals surface area contributed by atoms with Gasteiger partial charge >= 0.3 is 0 Å². The number of nitrogens with zero attached hydrogens (tertiary/aromatic N) is 4. The maximum atomic E-state index is 12.1. The molecular formula is C22H24BrIN4OS. The van der Waals surface area contributed by atoms with Crippen LogP contribution in [0.25, 0.3) is 11.0 Å². The van der Waals surface area contributed by atoms with E-state index in [9.17, 15) is 4.79 Å². The van der Waals surface area contributed by atoms with Crippen molar-refractivity contribution >= 4 is 63.2 Å². The Balaban J connectivity index is 1.41. The Morgan fingerprint density at radius 1 is 1.23 bits per heavy atom. The van der Waals surface area contributed by atoms with Gasteiger partial charge in [0.05, 0.1) is 0 Å². The van der Waals surface area contributed by atoms with Gasteiger partial charge in [0.2, 0.25) is 0 Å². The minimum absolute atomic E-state index is 0.0565. The molecule has 3 aromatic rings. The Kier molecular flexibility index (Phi) is 7.06. The van der Waals surface area contributed by atoms with Crippen LogP contribution in [0.5, 0.6) is 0 Å². The van der Waals surface area contributed by atoms with Gasteiger partial charge in [-0.2, -0.15) is 0 Å². The molecule has 1 aliphatic rings. The first-order valence-corrected chi connectivity index (χ1v) is 14.1. The van der Waals surface area contributed by atoms with Crippen molar-refractivity contribution in [3.63, 3.8) is 0 Å². The molecule has 0 atom stereocenters. The highest BCUT2D eigenvalue weighted by atomic mass is 127. The predicted octanol–water partition coefficient (Wildman–Crippen LogP) is 5.73. The molecule has 0 unspecified atom stereocenters. The first-order valence-electron chi connectivity index (χ1n) is 9.96. The highest BCUT2D eigenvalue weighted by molar-refractivity contribution is 14.2. The molecule has 1 aromatic carbocycles. The fourth-order valence-corrected chi connectivity index (χ4v) is 6.23. The largest absolute Gasteiger partial charge is 0.345 e. The smallest absolute Gasteiger partial charge is 0.253 e. The Bertz CT molecular complexity index is 1050. The molecule has 3 heterocycles. The van der Waals surface area contributed by atoms with Crippen molar-refractivity contribution in [1.29, 1.82) is 0 Å². The molecule has 158 valence electrons. The third-order valence-electron chi connectivity index (χ3n) is 5.76. The summed E-state index contributed by atoms with van der Waals surface area (Å²) in [5.74, 6) is 0.617. The number of carbonyl (C=O) groups excluding carboxylic acids is 1. The van der Waals surface area contributed by atoms with E-state index in [0.717, 1.165) is 48.2 Å². The molecule has 0 radical (unpaired) electrons. The number of pyridine rings is 1. The van der Waals surface area contributed by atoms with Gasteiger partial charge in [-0.05, 0) is 77.6 Å². The summed E-state index contributed by atoms with van der Waals surface area (Å²) in [6, 6.07) is 12.4. The zero-order valence-corrected chi connectivity index (χ0v) is 21.6. The Morgan fingerprint density at radius 3 is 2.57 bits per heavy atom. The van der Waals surface area contributed by atoms with Crippen molar-refractivity contribution in [2.24, 2.45) is 0 Å². The number of hydrogen-bond acceptors (Lipinski definition) is 4. The molecule has 1 aliphatic heterocycles. The molecule has 0 saturated carbocycles. The SMILES string of the molecule is CN(C)C(=O)c1ccc(C2CCN(Cc3cc4c(Br)ccnc4n3SI)CC2)cc1. The normalized spacial score (nSPS) is 15.6. The van der Waals surface area contributed by atoms with Crippen LogP contribution in [-0.4, -0.2) is 51.8 Å². The zero-order chi connectivity index (χ0) is 21.3. The Labute approximate surface area is 202 Å². The standard InChI is InChI=1S/C22H24BrIN4OS/c1-26(2)22(29)17-5-3-15(4-6-17)16-8-11-27(12-9-16)14-18-13-19-20(23)7-10-25-21(19)28(18)30-24/h3-7,10,13,16H,8-9,11-12,14H2,1-2H3. The summed E-state index contributed by atoms with van der Waals surface area (Å²) in [7, 11) is 5.25. The van der Waals surface area contributed by atoms with Crippen LogP contribution in [0.1, 0.15) is 40.4 Å². The molecule has 1 saturated heterocycles. The van der Waals surface area contributed by atoms with Crippen LogP contribution in [0.15, 0.2) is 47.1 Å². The third kappa shape index (κ3) is 4.56. The van der Waals surface area contributed by atoms with Crippen LogP contribution in [0.3, 0.4) is 0 Å². The second-order valence-corrected chi connectivity index (χ2v) is 10.4. The molecule has 8 heteroatoms. The van der Waals surface area contributed by atoms with E-state index in [4.69, 9.17) is 0 Å². The van der Waals surface area contributed by atoms with E-state index in [0.29, 0.717) is 5.92 Å². The highest BCUT2D eigenvalue weighted by Crippen LogP contribution is 2.33. The summed E-state index contributed by atoms with van der Waals surface area (Å²) in [4.78, 5) is 20.8. The summed E-state index contributed by atoms with van der Waals surface area (Å²) in [6.45, 7) is 3.08. The first-order chi connectivity index (χ1) is 14.5. The molecule has 1 fully saturated rings. The van der Waals surface area contributed by atoms with E-state index in [1.807, 2.05) is 24.4 Å². The molecule has 5 nitrogen and oxygen atoms in total. The number of benzene rings is 1. The van der Waals surface area contributed by atoms with Gasteiger partial charge in [0, 0.05) is 78.3 Å². The topological polar surface area (TPSA) is 41.4 Å². The van der Waals surface area contributed by atoms with Gasteiger partial charge in [0.15, 0.2) is 5.65 Å². The Morgan fingerprint density at radius 2 is 1.93 bits per heavy atom. The van der Waals surface area contributed by atoms with Crippen molar-refractivity contribution in [1.82, 2.24) is 18.8 Å². The quantitative estimate of drug-likeness (QED) is 0.352. The summed E-state index contributed by atoms with van der Waals surface area (Å²) in [6.07, 6.45) is 4.13. The van der Waals surface area contributed by atoms with E-state index in [1.165, 1.54) is 16.6 Å². The molecule has 0 bridgehead atoms. The molecule has 30 heavy (non-hydrogen) atoms. The molecule has 0 aliphatic carbocycles. The van der Waals surface area contributed by atoms with Gasteiger partial charge in [-0.15, -0.1) is 0 Å². The number of carbonyl (C=O) groups is 1. The summed E-state index contributed by atoms with van der Waals surface area (Å²) >= 11 is 5.98. The fourth-order valence-electron chi connectivity index (χ4n) is 4.09. The molecule has 1 amide bonds. The number of likely N-dealkylation sites (tertiary alicyclic amines) is 1. The third-order valence-corrected chi connectivity index (χ3v) is 8.18. The van der Waals surface area contributed by atoms with Crippen molar-refractivity contribution in [2.75, 3.05) is 27.2 Å². The molecular weight excluding hydrogens is 575 g/mol. The maximum absolute atomic E-state index is 12.1. The van der Waals surface area contributed by atoms with Crippen molar-refractivity contribution in [2.45, 2.75) is 25.3 Å². The van der Waals surface area contributed by atoms with E-state index < -0.39 is 0 Å². The minimum Gasteiger partial charge on any atom is -0.345 e. The second kappa shape index (κ2) is 9.58. The monoisotopic (exact) mass is 598 g/mol. The van der Waals surface area contributed by atoms with Crippen molar-refractivity contribution < 1.29 is 4.79 Å². The summed E-state index contributed by atoms with van der Waals surface area (Å²) < 4.78 is 3.32. The lowest BCUT2D eigenvalue weighted by Crippen LogP contribution is -2.32. The zero-order valence-electron chi connectivity index (χ0n) is 17.0. The number of amides is 1. The van der Waals surface area contributed by atoms with Crippen molar-refractivity contribution in [3.8, 4) is 0 Å². The first kappa shape index (κ1) is 22.1. The molecule has 0 N–H and O–H groups in total. The van der Waals surface area contributed by atoms with Gasteiger partial charge in [-0.25, -0.2) is 4.98 Å². The Hall–Kier alpha value is -1.10. The average Bonchev–Trinajstić information content (AvgIpc) is 3.12. The number of aromatic nitrogens is 2. The van der Waals surface area contributed by atoms with Crippen LogP contribution in [0.2, 0.25) is 0 Å². The number of rotatable bonds is 5. The van der Waals surface area contributed by atoms with Crippen LogP contribution in [0.4, 0.5) is 0 Å². The van der Waals surface area contributed by atoms with Gasteiger partial charge in [-0.1, -0.05) is 12.1 Å². The van der Waals surface area contributed by atoms with Crippen LogP contribution < -0.4 is 0 Å². The predicted molar refractivity (Wildman–Crippen MR) is 136 cm³/mol. The van der Waals surface area contributed by atoms with Gasteiger partial charge in [0.25, 0.3) is 5.91 Å². The van der Waals surface area contributed by atoms with Crippen molar-refractivity contribution in [3.05, 3.63) is 63.9 Å². The van der Waals surface area contributed by atoms with Gasteiger partial charge in [0.1, 0.15) is 0 Å². The number of halogens is 2. The fraction of sp³-hybridized carbons (Fsp3) is 0.364. The van der Waals surface area contributed by atoms with Crippen LogP contribution in [0, 0.1) is 0 Å². The lowest BCUT2D eigenvalue weighted by atomic mass is 9.89. The maximum Gasteiger partial charge on any atom is 0.253 e. The minimum atomic E-state index is 0.0565. The number of piperidine rings is 1. The number of fused-ring (bicyclic) bond motifs is 1. The molecule has 4 rings (SSSR count). The van der Waals surface area contributed by atoms with E-state index in [1.54, 1.807) is 28.1 Å². The summed E-state index contributed by atoms with van der Waals surface area (Å²) in [5, 5.41) is 1.17.